The zero-order valence-corrected chi connectivity index (χ0v) is 7.21. The van der Waals surface area contributed by atoms with Crippen molar-refractivity contribution in [1.82, 2.24) is 15.1 Å². The summed E-state index contributed by atoms with van der Waals surface area (Å²) in [6.45, 7) is 7.37. The van der Waals surface area contributed by atoms with Crippen LogP contribution in [0.25, 0.3) is 0 Å². The average Bonchev–Trinajstić information content (AvgIpc) is 2.04. The summed E-state index contributed by atoms with van der Waals surface area (Å²) in [5.74, 6) is 0. The van der Waals surface area contributed by atoms with Gasteiger partial charge in [-0.2, -0.15) is 0 Å². The van der Waals surface area contributed by atoms with Gasteiger partial charge < -0.3 is 10.2 Å². The van der Waals surface area contributed by atoms with E-state index in [9.17, 15) is 0 Å². The molecule has 2 fully saturated rings. The molecule has 3 nitrogen and oxygen atoms in total. The van der Waals surface area contributed by atoms with E-state index in [1.807, 2.05) is 0 Å². The molecule has 2 aliphatic rings. The van der Waals surface area contributed by atoms with E-state index >= 15 is 0 Å². The SMILES string of the molecule is CN1CCN2CCNC[C@H]2C1. The number of nitrogens with one attached hydrogen (secondary N) is 1. The first-order valence-corrected chi connectivity index (χ1v) is 4.49. The number of hydrogen-bond donors (Lipinski definition) is 1. The summed E-state index contributed by atoms with van der Waals surface area (Å²) in [4.78, 5) is 5.03. The highest BCUT2D eigenvalue weighted by atomic mass is 15.3. The lowest BCUT2D eigenvalue weighted by molar-refractivity contribution is 0.0716. The van der Waals surface area contributed by atoms with E-state index in [2.05, 4.69) is 22.2 Å². The average molecular weight is 155 g/mol. The minimum absolute atomic E-state index is 0.780. The van der Waals surface area contributed by atoms with E-state index in [1.54, 1.807) is 0 Å². The molecule has 0 radical (unpaired) electrons. The molecule has 11 heavy (non-hydrogen) atoms. The third kappa shape index (κ3) is 1.55. The van der Waals surface area contributed by atoms with Gasteiger partial charge in [-0.15, -0.1) is 0 Å². The van der Waals surface area contributed by atoms with Crippen molar-refractivity contribution in [2.75, 3.05) is 46.3 Å². The quantitative estimate of drug-likeness (QED) is 0.494. The van der Waals surface area contributed by atoms with E-state index in [4.69, 9.17) is 0 Å². The molecule has 64 valence electrons. The van der Waals surface area contributed by atoms with Crippen molar-refractivity contribution in [3.05, 3.63) is 0 Å². The summed E-state index contributed by atoms with van der Waals surface area (Å²) in [7, 11) is 2.21. The maximum Gasteiger partial charge on any atom is 0.0348 e. The lowest BCUT2D eigenvalue weighted by atomic mass is 10.1. The predicted molar refractivity (Wildman–Crippen MR) is 45.7 cm³/mol. The fraction of sp³-hybridized carbons (Fsp3) is 1.00. The maximum atomic E-state index is 3.44. The Morgan fingerprint density at radius 3 is 3.09 bits per heavy atom. The highest BCUT2D eigenvalue weighted by Crippen LogP contribution is 2.09. The molecule has 1 atom stereocenters. The largest absolute Gasteiger partial charge is 0.314 e. The molecule has 2 heterocycles. The van der Waals surface area contributed by atoms with Gasteiger partial charge in [-0.05, 0) is 7.05 Å². The fourth-order valence-corrected chi connectivity index (χ4v) is 2.03. The van der Waals surface area contributed by atoms with Crippen LogP contribution in [0.15, 0.2) is 0 Å². The van der Waals surface area contributed by atoms with E-state index in [0.29, 0.717) is 0 Å². The molecule has 0 amide bonds. The smallest absolute Gasteiger partial charge is 0.0348 e. The number of rotatable bonds is 0. The monoisotopic (exact) mass is 155 g/mol. The van der Waals surface area contributed by atoms with E-state index < -0.39 is 0 Å². The Balaban J connectivity index is 1.93. The predicted octanol–water partition coefficient (Wildman–Crippen LogP) is -0.794. The molecule has 1 N–H and O–H groups in total. The first kappa shape index (κ1) is 7.53. The summed E-state index contributed by atoms with van der Waals surface area (Å²) in [6, 6.07) is 0.780. The second-order valence-electron chi connectivity index (χ2n) is 3.66. The van der Waals surface area contributed by atoms with E-state index in [-0.39, 0.29) is 0 Å². The third-order valence-electron chi connectivity index (χ3n) is 2.76. The minimum Gasteiger partial charge on any atom is -0.314 e. The van der Waals surface area contributed by atoms with Gasteiger partial charge in [-0.3, -0.25) is 4.90 Å². The Kier molecular flexibility index (Phi) is 2.11. The third-order valence-corrected chi connectivity index (χ3v) is 2.76. The van der Waals surface area contributed by atoms with Gasteiger partial charge in [0.05, 0.1) is 0 Å². The number of likely N-dealkylation sites (N-methyl/N-ethyl adjacent to an activating group) is 1. The van der Waals surface area contributed by atoms with Crippen LogP contribution in [0.4, 0.5) is 0 Å². The molecular weight excluding hydrogens is 138 g/mol. The number of hydrogen-bond acceptors (Lipinski definition) is 3. The van der Waals surface area contributed by atoms with Crippen molar-refractivity contribution in [2.24, 2.45) is 0 Å². The lowest BCUT2D eigenvalue weighted by Gasteiger charge is -2.43. The second kappa shape index (κ2) is 3.09. The molecule has 0 saturated carbocycles. The van der Waals surface area contributed by atoms with Crippen LogP contribution < -0.4 is 5.32 Å². The van der Waals surface area contributed by atoms with Crippen LogP contribution >= 0.6 is 0 Å². The normalized spacial score (nSPS) is 35.2. The minimum atomic E-state index is 0.780. The van der Waals surface area contributed by atoms with Gasteiger partial charge in [0.15, 0.2) is 0 Å². The van der Waals surface area contributed by atoms with Gasteiger partial charge in [0.1, 0.15) is 0 Å². The molecule has 0 bridgehead atoms. The van der Waals surface area contributed by atoms with Crippen molar-refractivity contribution in [2.45, 2.75) is 6.04 Å². The van der Waals surface area contributed by atoms with Crippen molar-refractivity contribution >= 4 is 0 Å². The molecule has 2 rings (SSSR count). The van der Waals surface area contributed by atoms with Crippen molar-refractivity contribution in [3.8, 4) is 0 Å². The van der Waals surface area contributed by atoms with Gasteiger partial charge in [0.25, 0.3) is 0 Å². The highest BCUT2D eigenvalue weighted by Gasteiger charge is 2.26. The zero-order chi connectivity index (χ0) is 7.68. The van der Waals surface area contributed by atoms with Gasteiger partial charge in [-0.25, -0.2) is 0 Å². The van der Waals surface area contributed by atoms with Gasteiger partial charge in [-0.1, -0.05) is 0 Å². The first-order chi connectivity index (χ1) is 5.36. The maximum absolute atomic E-state index is 3.44. The molecule has 0 aromatic heterocycles. The van der Waals surface area contributed by atoms with Gasteiger partial charge >= 0.3 is 0 Å². The Morgan fingerprint density at radius 2 is 2.18 bits per heavy atom. The first-order valence-electron chi connectivity index (χ1n) is 4.49. The van der Waals surface area contributed by atoms with Crippen LogP contribution in [-0.2, 0) is 0 Å². The summed E-state index contributed by atoms with van der Waals surface area (Å²) in [5, 5.41) is 3.44. The second-order valence-corrected chi connectivity index (χ2v) is 3.66. The molecule has 2 aliphatic heterocycles. The molecular formula is C8H17N3. The van der Waals surface area contributed by atoms with E-state index in [0.717, 1.165) is 6.04 Å². The standard InChI is InChI=1S/C8H17N3/c1-10-4-5-11-3-2-9-6-8(11)7-10/h8-9H,2-7H2,1H3/t8-/m0/s1. The lowest BCUT2D eigenvalue weighted by Crippen LogP contribution is -2.60. The number of fused-ring (bicyclic) bond motifs is 1. The van der Waals surface area contributed by atoms with Crippen LogP contribution in [0.2, 0.25) is 0 Å². The number of piperazine rings is 2. The molecule has 3 heteroatoms. The molecule has 0 aromatic rings. The van der Waals surface area contributed by atoms with Crippen molar-refractivity contribution in [3.63, 3.8) is 0 Å². The Labute approximate surface area is 68.4 Å². The van der Waals surface area contributed by atoms with E-state index in [1.165, 1.54) is 39.3 Å². The van der Waals surface area contributed by atoms with Crippen molar-refractivity contribution < 1.29 is 0 Å². The Bertz CT molecular complexity index is 137. The van der Waals surface area contributed by atoms with Gasteiger partial charge in [0, 0.05) is 45.3 Å². The van der Waals surface area contributed by atoms with Crippen LogP contribution in [0.3, 0.4) is 0 Å². The van der Waals surface area contributed by atoms with Gasteiger partial charge in [0.2, 0.25) is 0 Å². The van der Waals surface area contributed by atoms with Crippen LogP contribution in [0.1, 0.15) is 0 Å². The Hall–Kier alpha value is -0.120. The van der Waals surface area contributed by atoms with Crippen LogP contribution in [-0.4, -0.2) is 62.2 Å². The summed E-state index contributed by atoms with van der Waals surface area (Å²) >= 11 is 0. The van der Waals surface area contributed by atoms with Crippen LogP contribution in [0.5, 0.6) is 0 Å². The molecule has 0 unspecified atom stereocenters. The summed E-state index contributed by atoms with van der Waals surface area (Å²) in [6.07, 6.45) is 0. The fourth-order valence-electron chi connectivity index (χ4n) is 2.03. The molecule has 0 spiro atoms. The van der Waals surface area contributed by atoms with Crippen LogP contribution in [0, 0.1) is 0 Å². The zero-order valence-electron chi connectivity index (χ0n) is 7.21. The summed E-state index contributed by atoms with van der Waals surface area (Å²) < 4.78 is 0. The topological polar surface area (TPSA) is 18.5 Å². The molecule has 0 aliphatic carbocycles. The molecule has 0 aromatic carbocycles. The number of nitrogens with zero attached hydrogens (tertiary/aromatic N) is 2. The van der Waals surface area contributed by atoms with Crippen molar-refractivity contribution in [1.29, 1.82) is 0 Å². The highest BCUT2D eigenvalue weighted by molar-refractivity contribution is 4.85. The molecule has 2 saturated heterocycles. The Morgan fingerprint density at radius 1 is 1.27 bits per heavy atom. The summed E-state index contributed by atoms with van der Waals surface area (Å²) in [5.41, 5.74) is 0.